The maximum absolute atomic E-state index is 13.6. The molecule has 192 valence electrons. The van der Waals surface area contributed by atoms with Gasteiger partial charge in [0, 0.05) is 17.6 Å². The molecule has 0 saturated heterocycles. The molecule has 0 aliphatic rings. The molecule has 2 aromatic carbocycles. The molecule has 0 fully saturated rings. The molecule has 0 heterocycles. The van der Waals surface area contributed by atoms with Crippen LogP contribution in [0.3, 0.4) is 0 Å². The average Bonchev–Trinajstić information content (AvgIpc) is 2.77. The topological polar surface area (TPSA) is 86.8 Å². The Balaban J connectivity index is 2.44. The maximum atomic E-state index is 13.6. The van der Waals surface area contributed by atoms with E-state index in [-0.39, 0.29) is 18.5 Å². The minimum atomic E-state index is -3.83. The molecule has 2 atom stereocenters. The van der Waals surface area contributed by atoms with Gasteiger partial charge in [0.25, 0.3) is 0 Å². The predicted octanol–water partition coefficient (Wildman–Crippen LogP) is 5.05. The number of halogens is 3. The summed E-state index contributed by atoms with van der Waals surface area (Å²) >= 11 is 18.2. The minimum absolute atomic E-state index is 0.0298. The molecular weight excluding hydrogens is 533 g/mol. The van der Waals surface area contributed by atoms with E-state index in [1.165, 1.54) is 4.90 Å². The molecule has 2 aromatic rings. The highest BCUT2D eigenvalue weighted by atomic mass is 35.5. The largest absolute Gasteiger partial charge is 0.352 e. The summed E-state index contributed by atoms with van der Waals surface area (Å²) in [4.78, 5) is 27.8. The summed E-state index contributed by atoms with van der Waals surface area (Å²) in [6, 6.07) is 8.68. The number of sulfonamides is 1. The number of carbonyl (C=O) groups is 2. The first kappa shape index (κ1) is 29.2. The smallest absolute Gasteiger partial charge is 0.244 e. The van der Waals surface area contributed by atoms with Crippen molar-refractivity contribution in [1.82, 2.24) is 10.2 Å². The fraction of sp³-hybridized carbons (Fsp3) is 0.417. The van der Waals surface area contributed by atoms with Gasteiger partial charge in [-0.3, -0.25) is 13.9 Å². The van der Waals surface area contributed by atoms with Crippen molar-refractivity contribution < 1.29 is 18.0 Å². The van der Waals surface area contributed by atoms with Gasteiger partial charge >= 0.3 is 0 Å². The van der Waals surface area contributed by atoms with Crippen LogP contribution in [-0.2, 0) is 26.2 Å². The third-order valence-electron chi connectivity index (χ3n) is 5.61. The molecule has 0 bridgehead atoms. The lowest BCUT2D eigenvalue weighted by molar-refractivity contribution is -0.139. The first-order valence-electron chi connectivity index (χ1n) is 11.0. The molecule has 2 amide bonds. The molecule has 0 spiro atoms. The van der Waals surface area contributed by atoms with E-state index in [2.05, 4.69) is 5.32 Å². The lowest BCUT2D eigenvalue weighted by atomic mass is 10.1. The van der Waals surface area contributed by atoms with Gasteiger partial charge in [-0.15, -0.1) is 0 Å². The van der Waals surface area contributed by atoms with Gasteiger partial charge in [-0.25, -0.2) is 8.42 Å². The van der Waals surface area contributed by atoms with Crippen LogP contribution in [0.2, 0.25) is 15.1 Å². The van der Waals surface area contributed by atoms with Gasteiger partial charge in [0.1, 0.15) is 12.6 Å². The fourth-order valence-corrected chi connectivity index (χ4v) is 4.83. The lowest BCUT2D eigenvalue weighted by Crippen LogP contribution is -2.52. The minimum Gasteiger partial charge on any atom is -0.352 e. The van der Waals surface area contributed by atoms with E-state index in [4.69, 9.17) is 34.8 Å². The molecule has 7 nitrogen and oxygen atoms in total. The van der Waals surface area contributed by atoms with E-state index < -0.39 is 28.5 Å². The fourth-order valence-electron chi connectivity index (χ4n) is 3.38. The first-order valence-corrected chi connectivity index (χ1v) is 14.0. The molecule has 0 saturated carbocycles. The van der Waals surface area contributed by atoms with Gasteiger partial charge in [-0.2, -0.15) is 0 Å². The number of benzene rings is 2. The van der Waals surface area contributed by atoms with Crippen molar-refractivity contribution in [2.45, 2.75) is 52.7 Å². The Morgan fingerprint density at radius 2 is 1.69 bits per heavy atom. The Hall–Kier alpha value is -2.00. The molecular formula is C24H30Cl3N3O4S. The highest BCUT2D eigenvalue weighted by molar-refractivity contribution is 7.92. The van der Waals surface area contributed by atoms with E-state index in [0.29, 0.717) is 31.9 Å². The van der Waals surface area contributed by atoms with Gasteiger partial charge in [0.2, 0.25) is 21.8 Å². The van der Waals surface area contributed by atoms with Gasteiger partial charge in [0.05, 0.1) is 22.0 Å². The second-order valence-corrected chi connectivity index (χ2v) is 11.6. The highest BCUT2D eigenvalue weighted by Crippen LogP contribution is 2.27. The van der Waals surface area contributed by atoms with Gasteiger partial charge < -0.3 is 10.2 Å². The molecule has 35 heavy (non-hydrogen) atoms. The molecule has 0 aromatic heterocycles. The zero-order valence-electron chi connectivity index (χ0n) is 20.3. The zero-order chi connectivity index (χ0) is 26.5. The summed E-state index contributed by atoms with van der Waals surface area (Å²) in [5.41, 5.74) is 1.57. The summed E-state index contributed by atoms with van der Waals surface area (Å²) in [7, 11) is -3.83. The van der Waals surface area contributed by atoms with E-state index in [1.807, 2.05) is 13.8 Å². The van der Waals surface area contributed by atoms with E-state index in [0.717, 1.165) is 17.0 Å². The van der Waals surface area contributed by atoms with E-state index >= 15 is 0 Å². The molecule has 2 rings (SSSR count). The summed E-state index contributed by atoms with van der Waals surface area (Å²) in [5, 5.41) is 3.99. The standard InChI is InChI=1S/C24H30Cl3N3O4S/c1-6-16(3)28-24(32)17(4)29(13-18-7-9-20(26)21(27)12-18)23(31)14-30(35(5,33)34)22-10-8-19(25)11-15(22)2/h7-12,16-17H,6,13-14H2,1-5H3,(H,28,32)/t16-,17-/m0/s1. The predicted molar refractivity (Wildman–Crippen MR) is 143 cm³/mol. The third kappa shape index (κ3) is 8.00. The summed E-state index contributed by atoms with van der Waals surface area (Å²) in [6.45, 7) is 6.65. The summed E-state index contributed by atoms with van der Waals surface area (Å²) in [6.07, 6.45) is 1.74. The van der Waals surface area contributed by atoms with E-state index in [9.17, 15) is 18.0 Å². The average molecular weight is 563 g/mol. The van der Waals surface area contributed by atoms with Crippen LogP contribution < -0.4 is 9.62 Å². The van der Waals surface area contributed by atoms with Crippen LogP contribution in [0.25, 0.3) is 0 Å². The molecule has 0 aliphatic heterocycles. The molecule has 0 radical (unpaired) electrons. The van der Waals surface area contributed by atoms with Crippen LogP contribution in [-0.4, -0.2) is 50.0 Å². The van der Waals surface area contributed by atoms with Crippen LogP contribution >= 0.6 is 34.8 Å². The number of anilines is 1. The molecule has 11 heteroatoms. The van der Waals surface area contributed by atoms with Crippen molar-refractivity contribution in [3.05, 3.63) is 62.6 Å². The highest BCUT2D eigenvalue weighted by Gasteiger charge is 2.31. The monoisotopic (exact) mass is 561 g/mol. The van der Waals surface area contributed by atoms with Crippen LogP contribution in [0, 0.1) is 6.92 Å². The third-order valence-corrected chi connectivity index (χ3v) is 7.71. The van der Waals surface area contributed by atoms with Crippen molar-refractivity contribution in [2.24, 2.45) is 0 Å². The van der Waals surface area contributed by atoms with Crippen LogP contribution in [0.5, 0.6) is 0 Å². The second kappa shape index (κ2) is 12.3. The normalized spacial score (nSPS) is 13.1. The Morgan fingerprint density at radius 1 is 1.03 bits per heavy atom. The van der Waals surface area contributed by atoms with Gasteiger partial charge in [-0.05, 0) is 68.7 Å². The van der Waals surface area contributed by atoms with Gasteiger partial charge in [-0.1, -0.05) is 47.8 Å². The van der Waals surface area contributed by atoms with Crippen molar-refractivity contribution in [3.63, 3.8) is 0 Å². The number of hydrogen-bond acceptors (Lipinski definition) is 4. The number of hydrogen-bond donors (Lipinski definition) is 1. The summed E-state index contributed by atoms with van der Waals surface area (Å²) < 4.78 is 26.3. The quantitative estimate of drug-likeness (QED) is 0.439. The van der Waals surface area contributed by atoms with Crippen LogP contribution in [0.4, 0.5) is 5.69 Å². The molecule has 0 aliphatic carbocycles. The van der Waals surface area contributed by atoms with Gasteiger partial charge in [0.15, 0.2) is 0 Å². The van der Waals surface area contributed by atoms with Crippen LogP contribution in [0.15, 0.2) is 36.4 Å². The van der Waals surface area contributed by atoms with Crippen LogP contribution in [0.1, 0.15) is 38.3 Å². The summed E-state index contributed by atoms with van der Waals surface area (Å²) in [5.74, 6) is -0.899. The van der Waals surface area contributed by atoms with Crippen molar-refractivity contribution >= 4 is 62.3 Å². The zero-order valence-corrected chi connectivity index (χ0v) is 23.4. The Bertz CT molecular complexity index is 1190. The Morgan fingerprint density at radius 3 is 2.23 bits per heavy atom. The number of nitrogens with zero attached hydrogens (tertiary/aromatic N) is 2. The second-order valence-electron chi connectivity index (χ2n) is 8.46. The first-order chi connectivity index (χ1) is 16.2. The SMILES string of the molecule is CC[C@H](C)NC(=O)[C@H](C)N(Cc1ccc(Cl)c(Cl)c1)C(=O)CN(c1ccc(Cl)cc1C)S(C)(=O)=O. The molecule has 1 N–H and O–H groups in total. The van der Waals surface area contributed by atoms with Crippen molar-refractivity contribution in [1.29, 1.82) is 0 Å². The number of rotatable bonds is 10. The number of carbonyl (C=O) groups excluding carboxylic acids is 2. The lowest BCUT2D eigenvalue weighted by Gasteiger charge is -2.32. The Kier molecular flexibility index (Phi) is 10.3. The van der Waals surface area contributed by atoms with E-state index in [1.54, 1.807) is 50.2 Å². The maximum Gasteiger partial charge on any atom is 0.244 e. The molecule has 0 unspecified atom stereocenters. The van der Waals surface area contributed by atoms with Crippen molar-refractivity contribution in [2.75, 3.05) is 17.1 Å². The number of aryl methyl sites for hydroxylation is 1. The number of nitrogens with one attached hydrogen (secondary N) is 1. The number of amides is 2. The Labute approximate surface area is 222 Å². The van der Waals surface area contributed by atoms with Crippen molar-refractivity contribution in [3.8, 4) is 0 Å².